The molecule has 5 unspecified atom stereocenters. The first-order chi connectivity index (χ1) is 24.4. The third-order valence-corrected chi connectivity index (χ3v) is 9.35. The lowest BCUT2D eigenvalue weighted by Crippen LogP contribution is -2.47. The van der Waals surface area contributed by atoms with Crippen molar-refractivity contribution in [2.45, 2.75) is 63.1 Å². The van der Waals surface area contributed by atoms with Gasteiger partial charge in [-0.05, 0) is 39.8 Å². The van der Waals surface area contributed by atoms with Crippen molar-refractivity contribution in [3.63, 3.8) is 0 Å². The summed E-state index contributed by atoms with van der Waals surface area (Å²) in [7, 11) is 1.31. The summed E-state index contributed by atoms with van der Waals surface area (Å²) >= 11 is 0. The number of carbonyl (C=O) groups is 2. The van der Waals surface area contributed by atoms with Gasteiger partial charge in [-0.3, -0.25) is 4.90 Å². The molecule has 4 aromatic carbocycles. The van der Waals surface area contributed by atoms with E-state index in [1.54, 1.807) is 0 Å². The molecule has 4 N–H and O–H groups in total. The summed E-state index contributed by atoms with van der Waals surface area (Å²) in [6, 6.07) is 32.0. The number of nitrogens with one attached hydrogen (secondary N) is 2. The van der Waals surface area contributed by atoms with E-state index in [2.05, 4.69) is 15.5 Å². The number of urea groups is 1. The molecule has 0 aromatic heterocycles. The molecule has 0 bridgehead atoms. The van der Waals surface area contributed by atoms with Gasteiger partial charge in [0.25, 0.3) is 0 Å². The molecular weight excluding hydrogens is 634 g/mol. The molecule has 2 aliphatic heterocycles. The Morgan fingerprint density at radius 1 is 0.900 bits per heavy atom. The van der Waals surface area contributed by atoms with Crippen molar-refractivity contribution >= 4 is 12.0 Å². The molecule has 2 amide bonds. The summed E-state index contributed by atoms with van der Waals surface area (Å²) in [5.41, 5.74) is 6.53. The summed E-state index contributed by atoms with van der Waals surface area (Å²) in [4.78, 5) is 27.6. The number of methoxy groups -OCH3 is 1. The van der Waals surface area contributed by atoms with Gasteiger partial charge in [0.2, 0.25) is 0 Å². The van der Waals surface area contributed by atoms with Gasteiger partial charge in [0, 0.05) is 44.6 Å². The minimum absolute atomic E-state index is 0.0131. The van der Waals surface area contributed by atoms with Gasteiger partial charge < -0.3 is 35.1 Å². The number of benzene rings is 4. The summed E-state index contributed by atoms with van der Waals surface area (Å²) in [5.74, 6) is -0.512. The topological polar surface area (TPSA) is 130 Å². The highest BCUT2D eigenvalue weighted by Crippen LogP contribution is 2.39. The minimum Gasteiger partial charge on any atom is -0.467 e. The van der Waals surface area contributed by atoms with Crippen LogP contribution in [-0.4, -0.2) is 72.1 Å². The Morgan fingerprint density at radius 2 is 1.62 bits per heavy atom. The van der Waals surface area contributed by atoms with Gasteiger partial charge in [0.05, 0.1) is 32.0 Å². The van der Waals surface area contributed by atoms with E-state index in [1.807, 2.05) is 103 Å². The monoisotopic (exact) mass is 679 g/mol. The molecule has 0 aliphatic carbocycles. The first kappa shape index (κ1) is 35.3. The van der Waals surface area contributed by atoms with Crippen LogP contribution in [0.2, 0.25) is 0 Å². The zero-order chi connectivity index (χ0) is 34.9. The number of amides is 2. The fourth-order valence-electron chi connectivity index (χ4n) is 6.65. The van der Waals surface area contributed by atoms with Crippen LogP contribution in [0.3, 0.4) is 0 Å². The van der Waals surface area contributed by atoms with Crippen molar-refractivity contribution in [2.75, 3.05) is 26.7 Å². The third kappa shape index (κ3) is 9.15. The summed E-state index contributed by atoms with van der Waals surface area (Å²) in [6.07, 6.45) is 0.594. The number of hydrogen-bond acceptors (Lipinski definition) is 8. The molecule has 0 spiro atoms. The zero-order valence-corrected chi connectivity index (χ0v) is 28.2. The Balaban J connectivity index is 1.13. The predicted octanol–water partition coefficient (Wildman–Crippen LogP) is 5.04. The number of nitrogens with zero attached hydrogens (tertiary/aromatic N) is 1. The molecule has 262 valence electrons. The van der Waals surface area contributed by atoms with E-state index in [4.69, 9.17) is 14.2 Å². The van der Waals surface area contributed by atoms with Crippen LogP contribution in [0.5, 0.6) is 0 Å². The fraction of sp³-hybridized carbons (Fsp3) is 0.350. The normalized spacial score (nSPS) is 21.3. The van der Waals surface area contributed by atoms with Gasteiger partial charge in [-0.15, -0.1) is 0 Å². The zero-order valence-electron chi connectivity index (χ0n) is 28.2. The number of β-amino-alcohol motifs (C(OH)–C–C–N with tert-alkyl or cyclic N) is 1. The predicted molar refractivity (Wildman–Crippen MR) is 189 cm³/mol. The van der Waals surface area contributed by atoms with Crippen molar-refractivity contribution in [2.24, 2.45) is 0 Å². The van der Waals surface area contributed by atoms with Gasteiger partial charge in [-0.25, -0.2) is 9.59 Å². The SMILES string of the molecule is COC(=O)C(Cc1ccccc1)NC(=O)NCc1ccccc1-c1ccc(C2OC(CN3CCC(O)C3)CC(c3ccc(CO)cc3)O2)cc1. The van der Waals surface area contributed by atoms with Crippen LogP contribution in [0, 0.1) is 0 Å². The number of ether oxygens (including phenoxy) is 3. The number of aliphatic hydroxyl groups excluding tert-OH is 2. The van der Waals surface area contributed by atoms with E-state index in [0.29, 0.717) is 25.9 Å². The van der Waals surface area contributed by atoms with Crippen molar-refractivity contribution < 1.29 is 34.0 Å². The molecule has 0 radical (unpaired) electrons. The van der Waals surface area contributed by atoms with Crippen molar-refractivity contribution in [3.05, 3.63) is 131 Å². The van der Waals surface area contributed by atoms with Crippen molar-refractivity contribution in [1.82, 2.24) is 15.5 Å². The highest BCUT2D eigenvalue weighted by Gasteiger charge is 2.34. The molecule has 50 heavy (non-hydrogen) atoms. The average molecular weight is 680 g/mol. The Hall–Kier alpha value is -4.58. The molecule has 6 rings (SSSR count). The lowest BCUT2D eigenvalue weighted by molar-refractivity contribution is -0.252. The number of likely N-dealkylation sites (tertiary alicyclic amines) is 1. The van der Waals surface area contributed by atoms with Crippen LogP contribution < -0.4 is 10.6 Å². The van der Waals surface area contributed by atoms with Gasteiger partial charge in [-0.2, -0.15) is 0 Å². The number of carbonyl (C=O) groups excluding carboxylic acids is 2. The summed E-state index contributed by atoms with van der Waals surface area (Å²) < 4.78 is 18.0. The highest BCUT2D eigenvalue weighted by atomic mass is 16.7. The van der Waals surface area contributed by atoms with E-state index >= 15 is 0 Å². The number of rotatable bonds is 12. The minimum atomic E-state index is -0.824. The molecule has 2 heterocycles. The average Bonchev–Trinajstić information content (AvgIpc) is 3.57. The second-order valence-corrected chi connectivity index (χ2v) is 12.9. The van der Waals surface area contributed by atoms with Gasteiger partial charge >= 0.3 is 12.0 Å². The molecule has 2 saturated heterocycles. The van der Waals surface area contributed by atoms with Crippen LogP contribution in [0.1, 0.15) is 53.1 Å². The maximum absolute atomic E-state index is 12.9. The van der Waals surface area contributed by atoms with E-state index in [0.717, 1.165) is 51.9 Å². The number of esters is 1. The van der Waals surface area contributed by atoms with Crippen LogP contribution in [0.4, 0.5) is 4.79 Å². The van der Waals surface area contributed by atoms with E-state index in [-0.39, 0.29) is 31.5 Å². The van der Waals surface area contributed by atoms with Crippen LogP contribution >= 0.6 is 0 Å². The van der Waals surface area contributed by atoms with E-state index in [1.165, 1.54) is 7.11 Å². The second-order valence-electron chi connectivity index (χ2n) is 12.9. The Labute approximate surface area is 293 Å². The van der Waals surface area contributed by atoms with Gasteiger partial charge in [-0.1, -0.05) is 103 Å². The number of hydrogen-bond donors (Lipinski definition) is 4. The van der Waals surface area contributed by atoms with E-state index in [9.17, 15) is 19.8 Å². The first-order valence-corrected chi connectivity index (χ1v) is 17.1. The van der Waals surface area contributed by atoms with Crippen LogP contribution in [-0.2, 0) is 38.6 Å². The second kappa shape index (κ2) is 16.9. The summed E-state index contributed by atoms with van der Waals surface area (Å²) in [6.45, 7) is 2.43. The maximum atomic E-state index is 12.9. The standard InChI is InChI=1S/C40H45N3O7/c1-48-38(46)36(21-27-7-3-2-4-8-27)42-40(47)41-23-32-9-5-6-10-35(32)29-15-17-31(18-16-29)39-49-34(25-43-20-19-33(45)24-43)22-37(50-39)30-13-11-28(26-44)12-14-30/h2-18,33-34,36-37,39,44-45H,19-26H2,1H3,(H2,41,42,47). The molecule has 10 heteroatoms. The fourth-order valence-corrected chi connectivity index (χ4v) is 6.65. The lowest BCUT2D eigenvalue weighted by Gasteiger charge is -2.38. The highest BCUT2D eigenvalue weighted by molar-refractivity contribution is 5.84. The van der Waals surface area contributed by atoms with Gasteiger partial charge in [0.15, 0.2) is 6.29 Å². The molecule has 2 fully saturated rings. The summed E-state index contributed by atoms with van der Waals surface area (Å²) in [5, 5.41) is 25.3. The Morgan fingerprint density at radius 3 is 2.32 bits per heavy atom. The smallest absolute Gasteiger partial charge is 0.328 e. The maximum Gasteiger partial charge on any atom is 0.328 e. The molecule has 10 nitrogen and oxygen atoms in total. The Kier molecular flexibility index (Phi) is 11.9. The van der Waals surface area contributed by atoms with Gasteiger partial charge in [0.1, 0.15) is 6.04 Å². The molecule has 2 aliphatic rings. The number of aliphatic hydroxyl groups is 2. The largest absolute Gasteiger partial charge is 0.467 e. The quantitative estimate of drug-likeness (QED) is 0.153. The van der Waals surface area contributed by atoms with E-state index < -0.39 is 24.3 Å². The molecule has 5 atom stereocenters. The Bertz CT molecular complexity index is 1700. The molecule has 0 saturated carbocycles. The molecular formula is C40H45N3O7. The van der Waals surface area contributed by atoms with Crippen molar-refractivity contribution in [3.8, 4) is 11.1 Å². The lowest BCUT2D eigenvalue weighted by atomic mass is 9.97. The first-order valence-electron chi connectivity index (χ1n) is 17.1. The van der Waals surface area contributed by atoms with Crippen molar-refractivity contribution in [1.29, 1.82) is 0 Å². The van der Waals surface area contributed by atoms with Crippen LogP contribution in [0.25, 0.3) is 11.1 Å². The molecule has 4 aromatic rings. The third-order valence-electron chi connectivity index (χ3n) is 9.35. The van der Waals surface area contributed by atoms with Crippen LogP contribution in [0.15, 0.2) is 103 Å².